The van der Waals surface area contributed by atoms with Gasteiger partial charge in [-0.3, -0.25) is 22.9 Å². The van der Waals surface area contributed by atoms with Crippen molar-refractivity contribution >= 4 is 28.1 Å². The molecule has 1 aromatic carbocycles. The summed E-state index contributed by atoms with van der Waals surface area (Å²) >= 11 is 0. The molecule has 1 fully saturated rings. The lowest BCUT2D eigenvalue weighted by molar-refractivity contribution is 0.0794. The molecular formula is C28H48N6O4S. The lowest BCUT2D eigenvalue weighted by Crippen LogP contribution is -2.50. The fourth-order valence-corrected chi connectivity index (χ4v) is 6.50. The van der Waals surface area contributed by atoms with Gasteiger partial charge < -0.3 is 21.1 Å². The van der Waals surface area contributed by atoms with Crippen molar-refractivity contribution in [1.82, 2.24) is 20.4 Å². The van der Waals surface area contributed by atoms with Crippen LogP contribution in [-0.4, -0.2) is 73.5 Å². The van der Waals surface area contributed by atoms with E-state index in [1.807, 2.05) is 19.1 Å². The monoisotopic (exact) mass is 564 g/mol. The van der Waals surface area contributed by atoms with Crippen LogP contribution in [0.15, 0.2) is 36.7 Å². The van der Waals surface area contributed by atoms with E-state index < -0.39 is 22.9 Å². The number of rotatable bonds is 15. The molecule has 0 spiro atoms. The van der Waals surface area contributed by atoms with Crippen molar-refractivity contribution in [1.29, 1.82) is 0 Å². The molecule has 1 aliphatic heterocycles. The quantitative estimate of drug-likeness (QED) is 0.186. The summed E-state index contributed by atoms with van der Waals surface area (Å²) in [5.41, 5.74) is 1.71. The highest BCUT2D eigenvalue weighted by atomic mass is 32.3. The standard InChI is InChI=1S/C28H48N6O4S/c1-5-29-24-16-23(17-25(18-24)34-14-6-7-15-39(34,37)38)28(36)32-26(20-33-13-9-12-31-33)27(35)19-30-22(4)11-8-10-21(2)3/h9,12-13,16-18,21-22,26-27,29-30,35,37-38H,5-8,10-11,14-15,19-20H2,1-4H3,(H,32,36)/t22?,26-,27-/m0/s1. The second kappa shape index (κ2) is 14.9. The number of nitrogens with zero attached hydrogens (tertiary/aromatic N) is 3. The van der Waals surface area contributed by atoms with E-state index in [0.29, 0.717) is 49.1 Å². The molecule has 39 heavy (non-hydrogen) atoms. The highest BCUT2D eigenvalue weighted by Crippen LogP contribution is 2.50. The average molecular weight is 565 g/mol. The van der Waals surface area contributed by atoms with Crippen LogP contribution in [0.5, 0.6) is 0 Å². The van der Waals surface area contributed by atoms with Crippen LogP contribution in [-0.2, 0) is 6.54 Å². The van der Waals surface area contributed by atoms with Crippen molar-refractivity contribution < 1.29 is 19.0 Å². The highest BCUT2D eigenvalue weighted by Gasteiger charge is 2.29. The lowest BCUT2D eigenvalue weighted by atomic mass is 10.0. The molecule has 1 saturated heterocycles. The summed E-state index contributed by atoms with van der Waals surface area (Å²) < 4.78 is 24.7. The van der Waals surface area contributed by atoms with Gasteiger partial charge >= 0.3 is 0 Å². The van der Waals surface area contributed by atoms with Crippen molar-refractivity contribution in [3.8, 4) is 0 Å². The number of carbonyl (C=O) groups excluding carboxylic acids is 1. The minimum Gasteiger partial charge on any atom is -0.390 e. The van der Waals surface area contributed by atoms with E-state index in [1.54, 1.807) is 33.5 Å². The Morgan fingerprint density at radius 1 is 1.15 bits per heavy atom. The molecule has 11 heteroatoms. The average Bonchev–Trinajstić information content (AvgIpc) is 3.39. The van der Waals surface area contributed by atoms with Crippen LogP contribution in [0.4, 0.5) is 11.4 Å². The first kappa shape index (κ1) is 31.2. The zero-order valence-corrected chi connectivity index (χ0v) is 24.7. The smallest absolute Gasteiger partial charge is 0.251 e. The van der Waals surface area contributed by atoms with E-state index in [9.17, 15) is 19.0 Å². The van der Waals surface area contributed by atoms with Crippen LogP contribution in [0, 0.1) is 5.92 Å². The number of carbonyl (C=O) groups is 1. The van der Waals surface area contributed by atoms with Gasteiger partial charge in [-0.1, -0.05) is 26.7 Å². The van der Waals surface area contributed by atoms with Crippen LogP contribution >= 0.6 is 10.8 Å². The van der Waals surface area contributed by atoms with Gasteiger partial charge in [-0.15, -0.1) is 10.8 Å². The Kier molecular flexibility index (Phi) is 11.9. The van der Waals surface area contributed by atoms with Crippen molar-refractivity contribution in [3.63, 3.8) is 0 Å². The first-order valence-electron chi connectivity index (χ1n) is 14.2. The summed E-state index contributed by atoms with van der Waals surface area (Å²) in [4.78, 5) is 13.5. The second-order valence-electron chi connectivity index (χ2n) is 11.0. The Bertz CT molecular complexity index is 1020. The topological polar surface area (TPSA) is 135 Å². The van der Waals surface area contributed by atoms with Crippen LogP contribution in [0.1, 0.15) is 70.2 Å². The first-order chi connectivity index (χ1) is 18.6. The second-order valence-corrected chi connectivity index (χ2v) is 13.1. The third kappa shape index (κ3) is 9.68. The van der Waals surface area contributed by atoms with Gasteiger partial charge in [0.15, 0.2) is 0 Å². The molecular weight excluding hydrogens is 516 g/mol. The van der Waals surface area contributed by atoms with Gasteiger partial charge in [-0.05, 0) is 63.3 Å². The zero-order valence-electron chi connectivity index (χ0n) is 23.8. The van der Waals surface area contributed by atoms with Gasteiger partial charge in [0.2, 0.25) is 0 Å². The summed E-state index contributed by atoms with van der Waals surface area (Å²) in [6, 6.07) is 6.77. The van der Waals surface area contributed by atoms with E-state index in [1.165, 1.54) is 6.42 Å². The largest absolute Gasteiger partial charge is 0.390 e. The summed E-state index contributed by atoms with van der Waals surface area (Å²) in [5.74, 6) is 0.650. The summed E-state index contributed by atoms with van der Waals surface area (Å²) in [6.45, 7) is 10.4. The third-order valence-electron chi connectivity index (χ3n) is 7.05. The fourth-order valence-electron chi connectivity index (χ4n) is 4.82. The van der Waals surface area contributed by atoms with Gasteiger partial charge in [0.1, 0.15) is 0 Å². The molecule has 2 heterocycles. The Balaban J connectivity index is 1.75. The molecule has 1 aliphatic rings. The van der Waals surface area contributed by atoms with Crippen LogP contribution in [0.25, 0.3) is 0 Å². The van der Waals surface area contributed by atoms with Gasteiger partial charge in [-0.2, -0.15) is 5.10 Å². The van der Waals surface area contributed by atoms with Crippen LogP contribution < -0.4 is 20.3 Å². The van der Waals surface area contributed by atoms with Crippen molar-refractivity contribution in [2.45, 2.75) is 84.5 Å². The van der Waals surface area contributed by atoms with Crippen LogP contribution in [0.3, 0.4) is 0 Å². The minimum atomic E-state index is -2.93. The summed E-state index contributed by atoms with van der Waals surface area (Å²) in [5, 5.41) is 25.1. The predicted octanol–water partition coefficient (Wildman–Crippen LogP) is 4.54. The molecule has 6 N–H and O–H groups in total. The number of nitrogens with one attached hydrogen (secondary N) is 3. The number of anilines is 2. The molecule has 0 aliphatic carbocycles. The van der Waals surface area contributed by atoms with Crippen LogP contribution in [0.2, 0.25) is 0 Å². The Morgan fingerprint density at radius 3 is 2.62 bits per heavy atom. The molecule has 3 rings (SSSR count). The molecule has 0 radical (unpaired) electrons. The summed E-state index contributed by atoms with van der Waals surface area (Å²) in [7, 11) is -2.93. The van der Waals surface area contributed by atoms with E-state index in [4.69, 9.17) is 0 Å². The number of aliphatic hydroxyl groups excluding tert-OH is 1. The van der Waals surface area contributed by atoms with Crippen molar-refractivity contribution in [2.75, 3.05) is 35.0 Å². The van der Waals surface area contributed by atoms with E-state index >= 15 is 0 Å². The third-order valence-corrected chi connectivity index (χ3v) is 8.98. The van der Waals surface area contributed by atoms with Crippen molar-refractivity contribution in [3.05, 3.63) is 42.2 Å². The zero-order chi connectivity index (χ0) is 28.4. The molecule has 1 amide bonds. The Labute approximate surface area is 235 Å². The maximum absolute atomic E-state index is 13.5. The maximum Gasteiger partial charge on any atom is 0.251 e. The summed E-state index contributed by atoms with van der Waals surface area (Å²) in [6.07, 6.45) is 7.57. The molecule has 3 atom stereocenters. The Morgan fingerprint density at radius 2 is 1.95 bits per heavy atom. The maximum atomic E-state index is 13.5. The molecule has 10 nitrogen and oxygen atoms in total. The van der Waals surface area contributed by atoms with Gasteiger partial charge in [0.05, 0.1) is 30.1 Å². The molecule has 0 saturated carbocycles. The highest BCUT2D eigenvalue weighted by molar-refractivity contribution is 8.25. The normalized spacial score (nSPS) is 18.4. The van der Waals surface area contributed by atoms with E-state index in [0.717, 1.165) is 31.4 Å². The predicted molar refractivity (Wildman–Crippen MR) is 161 cm³/mol. The molecule has 0 bridgehead atoms. The Hall–Kier alpha value is -2.31. The molecule has 220 valence electrons. The fraction of sp³-hybridized carbons (Fsp3) is 0.643. The number of aromatic nitrogens is 2. The van der Waals surface area contributed by atoms with Crippen molar-refractivity contribution in [2.24, 2.45) is 5.92 Å². The lowest BCUT2D eigenvalue weighted by Gasteiger charge is -2.47. The SMILES string of the molecule is CCNc1cc(C(=O)N[C@@H](Cn2cccn2)[C@@H](O)CNC(C)CCCC(C)C)cc(N2CCCCS2(O)O)c1. The number of hydrogen-bond donors (Lipinski definition) is 6. The van der Waals surface area contributed by atoms with Gasteiger partial charge in [0, 0.05) is 49.3 Å². The van der Waals surface area contributed by atoms with Gasteiger partial charge in [-0.25, -0.2) is 0 Å². The number of amides is 1. The minimum absolute atomic E-state index is 0.253. The number of hydrogen-bond acceptors (Lipinski definition) is 8. The van der Waals surface area contributed by atoms with Gasteiger partial charge in [0.25, 0.3) is 5.91 Å². The molecule has 2 aromatic rings. The number of benzene rings is 1. The molecule has 1 unspecified atom stereocenters. The van der Waals surface area contributed by atoms with E-state index in [2.05, 4.69) is 41.8 Å². The number of aliphatic hydroxyl groups is 1. The molecule has 1 aromatic heterocycles. The first-order valence-corrected chi connectivity index (χ1v) is 15.9. The van der Waals surface area contributed by atoms with E-state index in [-0.39, 0.29) is 11.9 Å².